The number of fused-ring (bicyclic) bond motifs is 1. The van der Waals surface area contributed by atoms with Crippen molar-refractivity contribution in [3.63, 3.8) is 0 Å². The van der Waals surface area contributed by atoms with Crippen LogP contribution in [-0.4, -0.2) is 67.2 Å². The molecule has 1 atom stereocenters. The van der Waals surface area contributed by atoms with Gasteiger partial charge in [-0.3, -0.25) is 4.68 Å². The number of carboxylic acid groups (broad SMARTS) is 1. The zero-order valence-corrected chi connectivity index (χ0v) is 22.6. The Hall–Kier alpha value is -3.91. The van der Waals surface area contributed by atoms with E-state index in [1.54, 1.807) is 13.4 Å². The molecule has 3 aromatic heterocycles. The van der Waals surface area contributed by atoms with E-state index in [-0.39, 0.29) is 13.5 Å². The van der Waals surface area contributed by atoms with Crippen molar-refractivity contribution in [1.29, 1.82) is 0 Å². The first kappa shape index (κ1) is 31.6. The number of aliphatic carboxylic acids is 1. The quantitative estimate of drug-likeness (QED) is 0.225. The number of H-pyrrole nitrogens is 1. The SMILES string of the molecule is C.COc1c(C(C)Nc2ncnc3nc[nH]c23)cc(Cl)c(C)c1-c1cnn(C2CCNCC2)c1.O=C(O)C(F)(F)F. The number of aromatic amines is 1. The van der Waals surface area contributed by atoms with E-state index in [1.807, 2.05) is 19.2 Å². The maximum atomic E-state index is 10.6. The monoisotopic (exact) mass is 596 g/mol. The lowest BCUT2D eigenvalue weighted by atomic mass is 9.95. The van der Waals surface area contributed by atoms with Crippen molar-refractivity contribution in [3.8, 4) is 16.9 Å². The Bertz CT molecular complexity index is 1480. The number of halogens is 4. The molecule has 0 amide bonds. The van der Waals surface area contributed by atoms with Crippen LogP contribution >= 0.6 is 11.6 Å². The number of piperidine rings is 1. The molecular formula is C26H32ClF3N8O3. The summed E-state index contributed by atoms with van der Waals surface area (Å²) in [6.45, 7) is 6.09. The van der Waals surface area contributed by atoms with Crippen LogP contribution in [0.3, 0.4) is 0 Å². The topological polar surface area (TPSA) is 143 Å². The van der Waals surface area contributed by atoms with Crippen LogP contribution in [0.2, 0.25) is 5.02 Å². The number of carboxylic acids is 1. The molecule has 4 heterocycles. The molecular weight excluding hydrogens is 565 g/mol. The number of nitrogens with one attached hydrogen (secondary N) is 3. The normalized spacial score (nSPS) is 14.5. The molecule has 1 saturated heterocycles. The van der Waals surface area contributed by atoms with Crippen LogP contribution < -0.4 is 15.4 Å². The second kappa shape index (κ2) is 13.2. The van der Waals surface area contributed by atoms with Crippen LogP contribution in [0.1, 0.15) is 50.4 Å². The third-order valence-corrected chi connectivity index (χ3v) is 6.96. The van der Waals surface area contributed by atoms with Crippen molar-refractivity contribution in [1.82, 2.24) is 35.0 Å². The number of rotatable bonds is 6. The Morgan fingerprint density at radius 2 is 1.95 bits per heavy atom. The molecule has 41 heavy (non-hydrogen) atoms. The van der Waals surface area contributed by atoms with Gasteiger partial charge in [0.15, 0.2) is 11.5 Å². The van der Waals surface area contributed by atoms with Crippen LogP contribution in [0.4, 0.5) is 19.0 Å². The summed E-state index contributed by atoms with van der Waals surface area (Å²) in [5.41, 5.74) is 5.22. The minimum Gasteiger partial charge on any atom is -0.496 e. The fourth-order valence-corrected chi connectivity index (χ4v) is 4.74. The zero-order chi connectivity index (χ0) is 29.0. The average Bonchev–Trinajstić information content (AvgIpc) is 3.61. The van der Waals surface area contributed by atoms with Crippen molar-refractivity contribution in [2.24, 2.45) is 0 Å². The Morgan fingerprint density at radius 1 is 1.27 bits per heavy atom. The molecule has 0 spiro atoms. The fourth-order valence-electron chi connectivity index (χ4n) is 4.53. The van der Waals surface area contributed by atoms with Crippen molar-refractivity contribution >= 4 is 34.6 Å². The van der Waals surface area contributed by atoms with E-state index < -0.39 is 12.1 Å². The van der Waals surface area contributed by atoms with Gasteiger partial charge in [0.25, 0.3) is 0 Å². The lowest BCUT2D eigenvalue weighted by Gasteiger charge is -2.23. The molecule has 0 bridgehead atoms. The van der Waals surface area contributed by atoms with Crippen LogP contribution in [0.15, 0.2) is 31.1 Å². The first-order valence-corrected chi connectivity index (χ1v) is 12.7. The van der Waals surface area contributed by atoms with Gasteiger partial charge in [-0.25, -0.2) is 19.7 Å². The molecule has 1 unspecified atom stereocenters. The molecule has 1 aliphatic rings. The van der Waals surface area contributed by atoms with Gasteiger partial charge in [-0.2, -0.15) is 18.3 Å². The van der Waals surface area contributed by atoms with Gasteiger partial charge in [0.1, 0.15) is 17.6 Å². The first-order valence-electron chi connectivity index (χ1n) is 12.3. The highest BCUT2D eigenvalue weighted by Gasteiger charge is 2.38. The second-order valence-corrected chi connectivity index (χ2v) is 9.57. The molecule has 4 aromatic rings. The van der Waals surface area contributed by atoms with Gasteiger partial charge in [-0.15, -0.1) is 0 Å². The minimum absolute atomic E-state index is 0. The standard InChI is InChI=1S/C23H27ClN8O.C2HF3O2.CH4/c1-13-18(24)8-17(14(2)31-23-20-22(27-11-26-20)28-12-29-23)21(33-3)19(13)15-9-30-32(10-15)16-4-6-25-7-5-16;3-2(4,5)1(6)7;/h8-12,14,16,25H,4-7H2,1-3H3,(H2,26,27,28,29,31);(H,6,7);1H4. The summed E-state index contributed by atoms with van der Waals surface area (Å²) in [7, 11) is 1.69. The van der Waals surface area contributed by atoms with Crippen molar-refractivity contribution < 1.29 is 27.8 Å². The van der Waals surface area contributed by atoms with Crippen LogP contribution in [0, 0.1) is 6.92 Å². The van der Waals surface area contributed by atoms with E-state index in [2.05, 4.69) is 53.5 Å². The van der Waals surface area contributed by atoms with Crippen molar-refractivity contribution in [2.45, 2.75) is 52.4 Å². The predicted octanol–water partition coefficient (Wildman–Crippen LogP) is 5.55. The summed E-state index contributed by atoms with van der Waals surface area (Å²) < 4.78 is 39.8. The number of benzene rings is 1. The lowest BCUT2D eigenvalue weighted by Crippen LogP contribution is -2.29. The van der Waals surface area contributed by atoms with Gasteiger partial charge >= 0.3 is 12.1 Å². The minimum atomic E-state index is -5.08. The average molecular weight is 597 g/mol. The number of ether oxygens (including phenoxy) is 1. The maximum Gasteiger partial charge on any atom is 0.490 e. The number of carbonyl (C=O) groups is 1. The number of aromatic nitrogens is 6. The molecule has 4 N–H and O–H groups in total. The van der Waals surface area contributed by atoms with Gasteiger partial charge in [0.2, 0.25) is 0 Å². The zero-order valence-electron chi connectivity index (χ0n) is 21.9. The highest BCUT2D eigenvalue weighted by Crippen LogP contribution is 2.43. The fraction of sp³-hybridized carbons (Fsp3) is 0.423. The second-order valence-electron chi connectivity index (χ2n) is 9.16. The summed E-state index contributed by atoms with van der Waals surface area (Å²) >= 11 is 6.72. The van der Waals surface area contributed by atoms with Gasteiger partial charge in [-0.05, 0) is 51.4 Å². The van der Waals surface area contributed by atoms with Crippen molar-refractivity contribution in [2.75, 3.05) is 25.5 Å². The van der Waals surface area contributed by atoms with Gasteiger partial charge in [0.05, 0.1) is 31.7 Å². The number of hydrogen-bond donors (Lipinski definition) is 4. The van der Waals surface area contributed by atoms with E-state index in [0.717, 1.165) is 59.5 Å². The largest absolute Gasteiger partial charge is 0.496 e. The van der Waals surface area contributed by atoms with E-state index in [0.29, 0.717) is 22.5 Å². The summed E-state index contributed by atoms with van der Waals surface area (Å²) in [5.74, 6) is -1.31. The molecule has 222 valence electrons. The summed E-state index contributed by atoms with van der Waals surface area (Å²) in [5, 5.41) is 19.3. The van der Waals surface area contributed by atoms with Gasteiger partial charge < -0.3 is 25.5 Å². The third kappa shape index (κ3) is 7.06. The third-order valence-electron chi connectivity index (χ3n) is 6.57. The highest BCUT2D eigenvalue weighted by molar-refractivity contribution is 6.32. The number of methoxy groups -OCH3 is 1. The molecule has 0 saturated carbocycles. The molecule has 11 nitrogen and oxygen atoms in total. The summed E-state index contributed by atoms with van der Waals surface area (Å²) in [6, 6.07) is 2.22. The highest BCUT2D eigenvalue weighted by atomic mass is 35.5. The Labute approximate surface area is 239 Å². The molecule has 1 aromatic carbocycles. The van der Waals surface area contributed by atoms with E-state index in [4.69, 9.17) is 26.2 Å². The van der Waals surface area contributed by atoms with Crippen molar-refractivity contribution in [3.05, 3.63) is 47.3 Å². The molecule has 0 radical (unpaired) electrons. The maximum absolute atomic E-state index is 10.6. The Balaban J connectivity index is 0.000000516. The van der Waals surface area contributed by atoms with Crippen LogP contribution in [0.5, 0.6) is 5.75 Å². The van der Waals surface area contributed by atoms with E-state index in [1.165, 1.54) is 6.33 Å². The number of nitrogens with zero attached hydrogens (tertiary/aromatic N) is 5. The lowest BCUT2D eigenvalue weighted by molar-refractivity contribution is -0.192. The molecule has 15 heteroatoms. The van der Waals surface area contributed by atoms with E-state index in [9.17, 15) is 13.2 Å². The van der Waals surface area contributed by atoms with Gasteiger partial charge in [-0.1, -0.05) is 19.0 Å². The Morgan fingerprint density at radius 3 is 2.59 bits per heavy atom. The van der Waals surface area contributed by atoms with Crippen LogP contribution in [0.25, 0.3) is 22.3 Å². The molecule has 0 aliphatic carbocycles. The number of anilines is 1. The predicted molar refractivity (Wildman–Crippen MR) is 149 cm³/mol. The molecule has 1 fully saturated rings. The number of alkyl halides is 3. The summed E-state index contributed by atoms with van der Waals surface area (Å²) in [6.07, 6.45) is 4.18. The molecule has 1 aliphatic heterocycles. The van der Waals surface area contributed by atoms with Gasteiger partial charge in [0, 0.05) is 27.9 Å². The Kier molecular flexibility index (Phi) is 10.2. The first-order chi connectivity index (χ1) is 19.0. The summed E-state index contributed by atoms with van der Waals surface area (Å²) in [4.78, 5) is 24.8. The van der Waals surface area contributed by atoms with E-state index >= 15 is 0 Å². The number of imidazole rings is 1. The number of hydrogen-bond acceptors (Lipinski definition) is 8. The van der Waals surface area contributed by atoms with Crippen LogP contribution in [-0.2, 0) is 4.79 Å². The molecule has 5 rings (SSSR count). The smallest absolute Gasteiger partial charge is 0.490 e.